The molecule has 212 valence electrons. The van der Waals surface area contributed by atoms with Gasteiger partial charge in [0.15, 0.2) is 0 Å². The van der Waals surface area contributed by atoms with Gasteiger partial charge in [0.25, 0.3) is 0 Å². The summed E-state index contributed by atoms with van der Waals surface area (Å²) in [5.41, 5.74) is 8.29. The van der Waals surface area contributed by atoms with Gasteiger partial charge in [-0.05, 0) is 58.3 Å². The van der Waals surface area contributed by atoms with E-state index in [2.05, 4.69) is 126 Å². The van der Waals surface area contributed by atoms with Crippen LogP contribution in [0.5, 0.6) is 0 Å². The summed E-state index contributed by atoms with van der Waals surface area (Å²) in [5.74, 6) is 1.92. The van der Waals surface area contributed by atoms with Gasteiger partial charge in [0, 0.05) is 30.8 Å². The number of benzene rings is 2. The molecule has 0 N–H and O–H groups in total. The quantitative estimate of drug-likeness (QED) is 0.196. The maximum absolute atomic E-state index is 4.81. The molecule has 1 aliphatic rings. The third kappa shape index (κ3) is 8.62. The molecule has 0 aliphatic carbocycles. The molecule has 0 fully saturated rings. The summed E-state index contributed by atoms with van der Waals surface area (Å²) in [6.07, 6.45) is 9.82. The number of aryl methyl sites for hydroxylation is 1. The van der Waals surface area contributed by atoms with Crippen molar-refractivity contribution >= 4 is 30.4 Å². The second-order valence-electron chi connectivity index (χ2n) is 10.7. The molecular weight excluding hydrogens is 606 g/mol. The van der Waals surface area contributed by atoms with Gasteiger partial charge in [-0.2, -0.15) is 0 Å². The van der Waals surface area contributed by atoms with Crippen LogP contribution in [0.15, 0.2) is 67.5 Å². The van der Waals surface area contributed by atoms with Gasteiger partial charge in [-0.1, -0.05) is 91.8 Å². The molecule has 38 heavy (non-hydrogen) atoms. The topological polar surface area (TPSA) is 24.3 Å². The van der Waals surface area contributed by atoms with Crippen LogP contribution in [0.1, 0.15) is 101 Å². The average molecular weight is 649 g/mol. The van der Waals surface area contributed by atoms with E-state index in [1.807, 2.05) is 17.8 Å². The molecule has 2 aromatic carbocycles. The normalized spacial score (nSPS) is 12.9. The molecule has 4 nitrogen and oxygen atoms in total. The third-order valence-corrected chi connectivity index (χ3v) is 6.47. The van der Waals surface area contributed by atoms with Gasteiger partial charge in [-0.15, -0.1) is 6.67 Å². The number of hydrogen-bond donors (Lipinski definition) is 0. The Bertz CT molecular complexity index is 1020. The predicted molar refractivity (Wildman–Crippen MR) is 163 cm³/mol. The predicted octanol–water partition coefficient (Wildman–Crippen LogP) is 9.89. The van der Waals surface area contributed by atoms with Gasteiger partial charge in [0.05, 0.1) is 6.33 Å². The molecule has 1 aliphatic heterocycles. The van der Waals surface area contributed by atoms with Crippen LogP contribution in [0.2, 0.25) is 0 Å². The average Bonchev–Trinajstić information content (AvgIpc) is 3.55. The van der Waals surface area contributed by atoms with Gasteiger partial charge in [0.1, 0.15) is 0 Å². The molecule has 2 heterocycles. The van der Waals surface area contributed by atoms with Crippen molar-refractivity contribution in [2.24, 2.45) is 7.05 Å². The standard InChI is InChI=1S/C27H37N2.C4H6N2.2ClH.Pd/c1-18(2)22-11-9-12-23(19(3)4)26(22)28-15-16-29(17-28)27-24(20(5)6)13-10-14-25(27)21(7)8;1-6-3-2-5-4-6;;;/h9-21H,1-8H3;2-4H,1H3;2*1H;/q-1;;;;+2/p-2. The van der Waals surface area contributed by atoms with Crippen molar-refractivity contribution in [3.63, 3.8) is 0 Å². The first-order chi connectivity index (χ1) is 18.0. The number of para-hydroxylation sites is 2. The van der Waals surface area contributed by atoms with E-state index in [-0.39, 0.29) is 15.9 Å². The Hall–Kier alpha value is -1.77. The molecule has 0 saturated carbocycles. The molecule has 4 rings (SSSR count). The van der Waals surface area contributed by atoms with Gasteiger partial charge in [0.2, 0.25) is 0 Å². The first-order valence-electron chi connectivity index (χ1n) is 13.1. The molecule has 0 amide bonds. The van der Waals surface area contributed by atoms with Crippen LogP contribution >= 0.6 is 19.1 Å². The zero-order chi connectivity index (χ0) is 28.4. The Morgan fingerprint density at radius 2 is 1.03 bits per heavy atom. The first-order valence-corrected chi connectivity index (χ1v) is 17.1. The van der Waals surface area contributed by atoms with Crippen molar-refractivity contribution in [2.75, 3.05) is 9.80 Å². The van der Waals surface area contributed by atoms with Gasteiger partial charge in [-0.25, -0.2) is 4.98 Å². The number of rotatable bonds is 6. The number of imidazole rings is 1. The van der Waals surface area contributed by atoms with Crippen molar-refractivity contribution in [1.82, 2.24) is 9.55 Å². The summed E-state index contributed by atoms with van der Waals surface area (Å²) < 4.78 is 1.89. The summed E-state index contributed by atoms with van der Waals surface area (Å²) >= 11 is -0.106. The maximum atomic E-state index is 4.81. The van der Waals surface area contributed by atoms with Crippen LogP contribution in [0.4, 0.5) is 11.4 Å². The minimum absolute atomic E-state index is 0.106. The number of anilines is 2. The fourth-order valence-electron chi connectivity index (χ4n) is 4.56. The van der Waals surface area contributed by atoms with E-state index in [9.17, 15) is 0 Å². The van der Waals surface area contributed by atoms with Crippen molar-refractivity contribution in [3.05, 3.63) is 96.4 Å². The Morgan fingerprint density at radius 1 is 0.684 bits per heavy atom. The van der Waals surface area contributed by atoms with Crippen molar-refractivity contribution < 1.29 is 15.9 Å². The van der Waals surface area contributed by atoms with E-state index >= 15 is 0 Å². The summed E-state index contributed by atoms with van der Waals surface area (Å²) in [5, 5.41) is 0. The van der Waals surface area contributed by atoms with E-state index in [1.54, 1.807) is 12.5 Å². The molecule has 0 spiro atoms. The molecule has 0 atom stereocenters. The van der Waals surface area contributed by atoms with Gasteiger partial charge in [-0.3, -0.25) is 0 Å². The summed E-state index contributed by atoms with van der Waals surface area (Å²) in [4.78, 5) is 8.44. The number of hydrogen-bond acceptors (Lipinski definition) is 3. The summed E-state index contributed by atoms with van der Waals surface area (Å²) in [6.45, 7) is 20.5. The molecule has 1 aromatic heterocycles. The fourth-order valence-corrected chi connectivity index (χ4v) is 4.56. The SMILES string of the molecule is CC(C)c1cccc(C(C)C)c1N1C=CN(c2c(C(C)C)cccc2C(C)C)[CH-]1.Cn1ccnc1.[Cl][Pd][Cl]. The van der Waals surface area contributed by atoms with Gasteiger partial charge < -0.3 is 14.4 Å². The Balaban J connectivity index is 0.000000480. The van der Waals surface area contributed by atoms with Crippen molar-refractivity contribution in [2.45, 2.75) is 79.1 Å². The second-order valence-corrected chi connectivity index (χ2v) is 13.1. The fraction of sp³-hybridized carbons (Fsp3) is 0.419. The van der Waals surface area contributed by atoms with Crippen LogP contribution in [0, 0.1) is 6.67 Å². The molecule has 0 saturated heterocycles. The molecule has 0 radical (unpaired) electrons. The molecule has 0 unspecified atom stereocenters. The van der Waals surface area contributed by atoms with E-state index in [0.29, 0.717) is 23.7 Å². The molecule has 0 bridgehead atoms. The van der Waals surface area contributed by atoms with E-state index in [1.165, 1.54) is 33.6 Å². The number of nitrogens with zero attached hydrogens (tertiary/aromatic N) is 4. The van der Waals surface area contributed by atoms with Crippen molar-refractivity contribution in [1.29, 1.82) is 0 Å². The Labute approximate surface area is 247 Å². The van der Waals surface area contributed by atoms with Crippen LogP contribution in [-0.2, 0) is 23.0 Å². The number of aromatic nitrogens is 2. The van der Waals surface area contributed by atoms with Gasteiger partial charge >= 0.3 is 35.0 Å². The van der Waals surface area contributed by atoms with E-state index < -0.39 is 0 Å². The first kappa shape index (κ1) is 32.4. The zero-order valence-corrected chi connectivity index (χ0v) is 27.2. The number of halogens is 2. The van der Waals surface area contributed by atoms with Crippen LogP contribution in [0.3, 0.4) is 0 Å². The van der Waals surface area contributed by atoms with Crippen LogP contribution in [-0.4, -0.2) is 9.55 Å². The zero-order valence-electron chi connectivity index (χ0n) is 24.1. The van der Waals surface area contributed by atoms with Crippen LogP contribution < -0.4 is 9.80 Å². The third-order valence-electron chi connectivity index (χ3n) is 6.47. The molecule has 7 heteroatoms. The Morgan fingerprint density at radius 3 is 1.24 bits per heavy atom. The minimum atomic E-state index is -0.106. The van der Waals surface area contributed by atoms with E-state index in [0.717, 1.165) is 0 Å². The Kier molecular flexibility index (Phi) is 13.4. The molecule has 3 aromatic rings. The van der Waals surface area contributed by atoms with E-state index in [4.69, 9.17) is 19.1 Å². The monoisotopic (exact) mass is 647 g/mol. The van der Waals surface area contributed by atoms with Crippen molar-refractivity contribution in [3.8, 4) is 0 Å². The second kappa shape index (κ2) is 15.7. The molecular formula is C31H43Cl2N4Pd-. The van der Waals surface area contributed by atoms with Crippen LogP contribution in [0.25, 0.3) is 0 Å². The summed E-state index contributed by atoms with van der Waals surface area (Å²) in [6, 6.07) is 13.5. The summed E-state index contributed by atoms with van der Waals surface area (Å²) in [7, 11) is 11.6.